The number of amidine groups is 1. The van der Waals surface area contributed by atoms with Gasteiger partial charge in [-0.2, -0.15) is 0 Å². The smallest absolute Gasteiger partial charge is 0.272 e. The first-order valence-corrected chi connectivity index (χ1v) is 12.0. The molecule has 0 atom stereocenters. The second kappa shape index (κ2) is 9.77. The molecule has 8 nitrogen and oxygen atoms in total. The minimum absolute atomic E-state index is 0.0905. The molecule has 2 amide bonds. The number of anilines is 2. The van der Waals surface area contributed by atoms with Crippen molar-refractivity contribution in [2.75, 3.05) is 23.3 Å². The van der Waals surface area contributed by atoms with Crippen LogP contribution in [-0.4, -0.2) is 35.3 Å². The summed E-state index contributed by atoms with van der Waals surface area (Å²) in [5, 5.41) is 11.3. The second-order valence-corrected chi connectivity index (χ2v) is 9.18. The average Bonchev–Trinajstić information content (AvgIpc) is 3.54. The number of aromatic nitrogens is 1. The number of fused-ring (bicyclic) bond motifs is 1. The Morgan fingerprint density at radius 3 is 2.30 bits per heavy atom. The normalized spacial score (nSPS) is 13.2. The van der Waals surface area contributed by atoms with Crippen LogP contribution in [0.5, 0.6) is 0 Å². The molecule has 1 aliphatic heterocycles. The van der Waals surface area contributed by atoms with Gasteiger partial charge in [0.05, 0.1) is 5.69 Å². The monoisotopic (exact) mass is 498 g/mol. The van der Waals surface area contributed by atoms with Gasteiger partial charge in [0, 0.05) is 47.4 Å². The number of nitrogens with one attached hydrogen (secondary N) is 2. The molecule has 4 aromatic rings. The van der Waals surface area contributed by atoms with Crippen LogP contribution in [0.25, 0.3) is 10.9 Å². The first kappa shape index (κ1) is 24.1. The van der Waals surface area contributed by atoms with Gasteiger partial charge < -0.3 is 26.3 Å². The van der Waals surface area contributed by atoms with Gasteiger partial charge in [-0.25, -0.2) is 4.39 Å². The number of nitrogen functional groups attached to an aromatic ring is 1. The van der Waals surface area contributed by atoms with E-state index in [0.717, 1.165) is 42.6 Å². The zero-order chi connectivity index (χ0) is 26.1. The highest BCUT2D eigenvalue weighted by molar-refractivity contribution is 6.07. The molecule has 0 saturated carbocycles. The molecule has 188 valence electrons. The maximum Gasteiger partial charge on any atom is 0.272 e. The number of rotatable bonds is 7. The van der Waals surface area contributed by atoms with Crippen LogP contribution < -0.4 is 21.7 Å². The van der Waals surface area contributed by atoms with Crippen LogP contribution in [0, 0.1) is 11.2 Å². The van der Waals surface area contributed by atoms with Crippen molar-refractivity contribution in [1.82, 2.24) is 4.57 Å². The van der Waals surface area contributed by atoms with E-state index in [9.17, 15) is 14.0 Å². The van der Waals surface area contributed by atoms with Crippen LogP contribution in [0.1, 0.15) is 44.8 Å². The van der Waals surface area contributed by atoms with Crippen molar-refractivity contribution in [1.29, 1.82) is 5.41 Å². The van der Waals surface area contributed by atoms with Gasteiger partial charge in [0.1, 0.15) is 17.3 Å². The van der Waals surface area contributed by atoms with E-state index in [0.29, 0.717) is 28.9 Å². The van der Waals surface area contributed by atoms with Crippen LogP contribution in [-0.2, 0) is 6.54 Å². The lowest BCUT2D eigenvalue weighted by Gasteiger charge is -2.19. The van der Waals surface area contributed by atoms with E-state index >= 15 is 0 Å². The number of amides is 2. The highest BCUT2D eigenvalue weighted by Gasteiger charge is 2.20. The summed E-state index contributed by atoms with van der Waals surface area (Å²) in [6.45, 7) is 2.10. The van der Waals surface area contributed by atoms with Crippen LogP contribution >= 0.6 is 0 Å². The third-order valence-electron chi connectivity index (χ3n) is 6.70. The number of nitrogens with two attached hydrogens (primary N) is 2. The molecule has 5 rings (SSSR count). The van der Waals surface area contributed by atoms with Crippen molar-refractivity contribution in [2.24, 2.45) is 11.5 Å². The first-order valence-electron chi connectivity index (χ1n) is 12.0. The van der Waals surface area contributed by atoms with Gasteiger partial charge in [0.15, 0.2) is 0 Å². The van der Waals surface area contributed by atoms with E-state index in [2.05, 4.69) is 10.2 Å². The largest absolute Gasteiger partial charge is 0.384 e. The summed E-state index contributed by atoms with van der Waals surface area (Å²) in [4.78, 5) is 27.1. The predicted molar refractivity (Wildman–Crippen MR) is 143 cm³/mol. The fourth-order valence-electron chi connectivity index (χ4n) is 4.70. The van der Waals surface area contributed by atoms with Gasteiger partial charge in [-0.15, -0.1) is 0 Å². The maximum absolute atomic E-state index is 14.7. The molecule has 1 aromatic heterocycles. The summed E-state index contributed by atoms with van der Waals surface area (Å²) in [6, 6.07) is 18.6. The van der Waals surface area contributed by atoms with E-state index in [1.807, 2.05) is 0 Å². The lowest BCUT2D eigenvalue weighted by atomic mass is 10.1. The van der Waals surface area contributed by atoms with Gasteiger partial charge in [0.2, 0.25) is 5.91 Å². The second-order valence-electron chi connectivity index (χ2n) is 9.18. The first-order chi connectivity index (χ1) is 17.8. The van der Waals surface area contributed by atoms with Crippen molar-refractivity contribution in [3.8, 4) is 0 Å². The summed E-state index contributed by atoms with van der Waals surface area (Å²) in [5.41, 5.74) is 14.8. The molecule has 1 aliphatic rings. The minimum Gasteiger partial charge on any atom is -0.384 e. The predicted octanol–water partition coefficient (Wildman–Crippen LogP) is 4.06. The van der Waals surface area contributed by atoms with Crippen LogP contribution in [0.15, 0.2) is 66.7 Å². The standard InChI is InChI=1S/C28H27FN6O2/c29-22-10-9-21(34-11-1-2-12-34)15-23(22)33-28(37)25-13-19-7-8-20(26(30)31)14-24(19)35(25)16-17-3-5-18(6-4-17)27(32)36/h3-10,13-15H,1-2,11-12,16H2,(H3,30,31)(H2,32,36)(H,33,37). The summed E-state index contributed by atoms with van der Waals surface area (Å²) >= 11 is 0. The summed E-state index contributed by atoms with van der Waals surface area (Å²) in [7, 11) is 0. The highest BCUT2D eigenvalue weighted by atomic mass is 19.1. The fraction of sp³-hybridized carbons (Fsp3) is 0.179. The number of carbonyl (C=O) groups is 2. The van der Waals surface area contributed by atoms with E-state index in [4.69, 9.17) is 16.9 Å². The molecule has 3 aromatic carbocycles. The van der Waals surface area contributed by atoms with Crippen molar-refractivity contribution in [2.45, 2.75) is 19.4 Å². The third kappa shape index (κ3) is 4.88. The lowest BCUT2D eigenvalue weighted by Crippen LogP contribution is -2.20. The molecule has 0 aliphatic carbocycles. The minimum atomic E-state index is -0.526. The summed E-state index contributed by atoms with van der Waals surface area (Å²) in [5.74, 6) is -1.60. The van der Waals surface area contributed by atoms with Gasteiger partial charge in [-0.1, -0.05) is 24.3 Å². The van der Waals surface area contributed by atoms with Gasteiger partial charge in [-0.05, 0) is 60.9 Å². The zero-order valence-electron chi connectivity index (χ0n) is 20.1. The molecule has 9 heteroatoms. The maximum atomic E-state index is 14.7. The lowest BCUT2D eigenvalue weighted by molar-refractivity contribution is 0.0996. The number of primary amides is 1. The fourth-order valence-corrected chi connectivity index (χ4v) is 4.70. The number of hydrogen-bond donors (Lipinski definition) is 4. The van der Waals surface area contributed by atoms with E-state index in [1.165, 1.54) is 6.07 Å². The molecular weight excluding hydrogens is 471 g/mol. The number of halogens is 1. The van der Waals surface area contributed by atoms with Crippen molar-refractivity contribution >= 4 is 39.9 Å². The Bertz CT molecular complexity index is 1520. The van der Waals surface area contributed by atoms with Gasteiger partial charge in [-0.3, -0.25) is 15.0 Å². The van der Waals surface area contributed by atoms with Crippen LogP contribution in [0.3, 0.4) is 0 Å². The van der Waals surface area contributed by atoms with Gasteiger partial charge >= 0.3 is 0 Å². The molecule has 0 bridgehead atoms. The highest BCUT2D eigenvalue weighted by Crippen LogP contribution is 2.28. The molecule has 0 radical (unpaired) electrons. The Hall–Kier alpha value is -4.66. The molecule has 0 spiro atoms. The zero-order valence-corrected chi connectivity index (χ0v) is 20.1. The quantitative estimate of drug-likeness (QED) is 0.226. The molecule has 6 N–H and O–H groups in total. The molecule has 2 heterocycles. The molecule has 37 heavy (non-hydrogen) atoms. The van der Waals surface area contributed by atoms with E-state index in [1.54, 1.807) is 65.2 Å². The van der Waals surface area contributed by atoms with Crippen molar-refractivity contribution < 1.29 is 14.0 Å². The molecular formula is C28H27FN6O2. The molecule has 0 unspecified atom stereocenters. The number of hydrogen-bond acceptors (Lipinski definition) is 4. The Labute approximate surface area is 213 Å². The molecule has 1 saturated heterocycles. The summed E-state index contributed by atoms with van der Waals surface area (Å²) in [6.07, 6.45) is 2.17. The number of benzene rings is 3. The van der Waals surface area contributed by atoms with Crippen LogP contribution in [0.4, 0.5) is 15.8 Å². The summed E-state index contributed by atoms with van der Waals surface area (Å²) < 4.78 is 16.5. The Balaban J connectivity index is 1.53. The topological polar surface area (TPSA) is 130 Å². The number of carbonyl (C=O) groups excluding carboxylic acids is 2. The van der Waals surface area contributed by atoms with Crippen LogP contribution in [0.2, 0.25) is 0 Å². The Morgan fingerprint density at radius 1 is 0.919 bits per heavy atom. The molecule has 1 fully saturated rings. The number of nitrogens with zero attached hydrogens (tertiary/aromatic N) is 2. The van der Waals surface area contributed by atoms with Gasteiger partial charge in [0.25, 0.3) is 5.91 Å². The third-order valence-corrected chi connectivity index (χ3v) is 6.70. The Morgan fingerprint density at radius 2 is 1.62 bits per heavy atom. The average molecular weight is 499 g/mol. The Kier molecular flexibility index (Phi) is 6.35. The van der Waals surface area contributed by atoms with E-state index in [-0.39, 0.29) is 11.5 Å². The van der Waals surface area contributed by atoms with E-state index < -0.39 is 17.6 Å². The SMILES string of the molecule is N=C(N)c1ccc2cc(C(=O)Nc3cc(N4CCCC4)ccc3F)n(Cc3ccc(C(N)=O)cc3)c2c1. The van der Waals surface area contributed by atoms with Crippen molar-refractivity contribution in [3.63, 3.8) is 0 Å². The van der Waals surface area contributed by atoms with Crippen molar-refractivity contribution in [3.05, 3.63) is 94.9 Å².